The van der Waals surface area contributed by atoms with Crippen molar-refractivity contribution in [3.05, 3.63) is 30.1 Å². The predicted molar refractivity (Wildman–Crippen MR) is 71.0 cm³/mol. The number of pyridine rings is 1. The summed E-state index contributed by atoms with van der Waals surface area (Å²) < 4.78 is 0. The number of hydrogen-bond donors (Lipinski definition) is 1. The van der Waals surface area contributed by atoms with Crippen LogP contribution >= 0.6 is 0 Å². The van der Waals surface area contributed by atoms with E-state index in [9.17, 15) is 9.59 Å². The molecule has 1 unspecified atom stereocenters. The van der Waals surface area contributed by atoms with Crippen LogP contribution in [-0.4, -0.2) is 34.3 Å². The Kier molecular flexibility index (Phi) is 4.14. The summed E-state index contributed by atoms with van der Waals surface area (Å²) in [7, 11) is 0. The van der Waals surface area contributed by atoms with Crippen molar-refractivity contribution >= 4 is 11.8 Å². The lowest BCUT2D eigenvalue weighted by Crippen LogP contribution is -2.35. The zero-order valence-electron chi connectivity index (χ0n) is 11.3. The molecule has 2 rings (SSSR count). The highest BCUT2D eigenvalue weighted by atomic mass is 16.2. The van der Waals surface area contributed by atoms with E-state index in [1.54, 1.807) is 17.3 Å². The van der Waals surface area contributed by atoms with Gasteiger partial charge in [-0.3, -0.25) is 14.6 Å². The van der Waals surface area contributed by atoms with Crippen molar-refractivity contribution in [1.29, 1.82) is 0 Å². The van der Waals surface area contributed by atoms with Gasteiger partial charge in [0.05, 0.1) is 5.92 Å². The molecule has 0 bridgehead atoms. The van der Waals surface area contributed by atoms with Gasteiger partial charge in [0.25, 0.3) is 0 Å². The Hall–Kier alpha value is -1.91. The Morgan fingerprint density at radius 3 is 2.74 bits per heavy atom. The van der Waals surface area contributed by atoms with E-state index in [1.807, 2.05) is 26.0 Å². The molecule has 1 N–H and O–H groups in total. The number of hydrogen-bond acceptors (Lipinski definition) is 3. The average Bonchev–Trinajstić information content (AvgIpc) is 2.79. The van der Waals surface area contributed by atoms with Crippen LogP contribution in [0.25, 0.3) is 0 Å². The lowest BCUT2D eigenvalue weighted by Gasteiger charge is -2.20. The molecule has 19 heavy (non-hydrogen) atoms. The largest absolute Gasteiger partial charge is 0.352 e. The van der Waals surface area contributed by atoms with Crippen molar-refractivity contribution in [3.8, 4) is 0 Å². The monoisotopic (exact) mass is 261 g/mol. The molecular formula is C14H19N3O2. The molecule has 2 amide bonds. The van der Waals surface area contributed by atoms with Gasteiger partial charge < -0.3 is 10.2 Å². The maximum Gasteiger partial charge on any atom is 0.225 e. The average molecular weight is 261 g/mol. The van der Waals surface area contributed by atoms with E-state index in [0.717, 1.165) is 5.56 Å². The molecule has 0 radical (unpaired) electrons. The first-order chi connectivity index (χ1) is 9.08. The van der Waals surface area contributed by atoms with Crippen molar-refractivity contribution in [2.75, 3.05) is 6.54 Å². The number of nitrogens with one attached hydrogen (secondary N) is 1. The molecule has 1 aromatic rings. The van der Waals surface area contributed by atoms with Crippen LogP contribution in [0.5, 0.6) is 0 Å². The second-order valence-corrected chi connectivity index (χ2v) is 5.11. The summed E-state index contributed by atoms with van der Waals surface area (Å²) in [6.45, 7) is 4.94. The Balaban J connectivity index is 1.86. The summed E-state index contributed by atoms with van der Waals surface area (Å²) in [6.07, 6.45) is 3.71. The fourth-order valence-electron chi connectivity index (χ4n) is 2.24. The van der Waals surface area contributed by atoms with Gasteiger partial charge in [-0.2, -0.15) is 0 Å². The summed E-state index contributed by atoms with van der Waals surface area (Å²) in [4.78, 5) is 29.5. The van der Waals surface area contributed by atoms with Gasteiger partial charge in [0.15, 0.2) is 0 Å². The smallest absolute Gasteiger partial charge is 0.225 e. The third kappa shape index (κ3) is 3.30. The molecule has 1 fully saturated rings. The highest BCUT2D eigenvalue weighted by Crippen LogP contribution is 2.20. The molecule has 1 saturated heterocycles. The first kappa shape index (κ1) is 13.5. The van der Waals surface area contributed by atoms with Gasteiger partial charge in [-0.1, -0.05) is 0 Å². The van der Waals surface area contributed by atoms with Gasteiger partial charge in [-0.15, -0.1) is 0 Å². The molecule has 1 atom stereocenters. The van der Waals surface area contributed by atoms with E-state index in [-0.39, 0.29) is 23.8 Å². The quantitative estimate of drug-likeness (QED) is 0.878. The van der Waals surface area contributed by atoms with Crippen LogP contribution in [0.1, 0.15) is 25.8 Å². The Morgan fingerprint density at radius 2 is 2.16 bits per heavy atom. The van der Waals surface area contributed by atoms with Gasteiger partial charge >= 0.3 is 0 Å². The van der Waals surface area contributed by atoms with Crippen molar-refractivity contribution in [3.63, 3.8) is 0 Å². The molecule has 1 aromatic heterocycles. The number of likely N-dealkylation sites (tertiary alicyclic amines) is 1. The summed E-state index contributed by atoms with van der Waals surface area (Å²) in [6, 6.07) is 3.88. The summed E-state index contributed by atoms with van der Waals surface area (Å²) >= 11 is 0. The van der Waals surface area contributed by atoms with Gasteiger partial charge in [-0.05, 0) is 31.5 Å². The zero-order chi connectivity index (χ0) is 13.8. The van der Waals surface area contributed by atoms with Crippen LogP contribution in [0.15, 0.2) is 24.5 Å². The summed E-state index contributed by atoms with van der Waals surface area (Å²) in [5, 5.41) is 2.88. The van der Waals surface area contributed by atoms with E-state index in [0.29, 0.717) is 19.5 Å². The molecule has 0 aliphatic carbocycles. The molecule has 5 heteroatoms. The number of aromatic nitrogens is 1. The van der Waals surface area contributed by atoms with Crippen LogP contribution in [0, 0.1) is 5.92 Å². The van der Waals surface area contributed by atoms with Crippen LogP contribution in [0.3, 0.4) is 0 Å². The first-order valence-electron chi connectivity index (χ1n) is 6.54. The fourth-order valence-corrected chi connectivity index (χ4v) is 2.24. The second-order valence-electron chi connectivity index (χ2n) is 5.11. The minimum atomic E-state index is -0.225. The van der Waals surface area contributed by atoms with Gasteiger partial charge in [0, 0.05) is 37.9 Å². The Bertz CT molecular complexity index is 459. The highest BCUT2D eigenvalue weighted by molar-refractivity contribution is 5.89. The molecule has 1 aliphatic heterocycles. The van der Waals surface area contributed by atoms with Crippen LogP contribution in [0.4, 0.5) is 0 Å². The fraction of sp³-hybridized carbons (Fsp3) is 0.500. The zero-order valence-corrected chi connectivity index (χ0v) is 11.3. The maximum absolute atomic E-state index is 12.0. The first-order valence-corrected chi connectivity index (χ1v) is 6.54. The molecule has 0 aromatic carbocycles. The number of carbonyl (C=O) groups excluding carboxylic acids is 2. The van der Waals surface area contributed by atoms with Crippen molar-refractivity contribution in [2.24, 2.45) is 5.92 Å². The number of carbonyl (C=O) groups is 2. The molecule has 0 spiro atoms. The minimum Gasteiger partial charge on any atom is -0.352 e. The van der Waals surface area contributed by atoms with Crippen molar-refractivity contribution < 1.29 is 9.59 Å². The summed E-state index contributed by atoms with van der Waals surface area (Å²) in [5.74, 6) is -0.205. The lowest BCUT2D eigenvalue weighted by atomic mass is 10.1. The number of amides is 2. The van der Waals surface area contributed by atoms with E-state index in [2.05, 4.69) is 10.3 Å². The molecular weight excluding hydrogens is 242 g/mol. The van der Waals surface area contributed by atoms with E-state index in [4.69, 9.17) is 0 Å². The maximum atomic E-state index is 12.0. The third-order valence-corrected chi connectivity index (χ3v) is 3.37. The van der Waals surface area contributed by atoms with Crippen molar-refractivity contribution in [2.45, 2.75) is 32.9 Å². The number of nitrogens with zero attached hydrogens (tertiary/aromatic N) is 2. The molecule has 1 aliphatic rings. The van der Waals surface area contributed by atoms with E-state index < -0.39 is 0 Å². The van der Waals surface area contributed by atoms with Crippen LogP contribution in [-0.2, 0) is 16.1 Å². The Labute approximate surface area is 113 Å². The summed E-state index contributed by atoms with van der Waals surface area (Å²) in [5.41, 5.74) is 1.01. The predicted octanol–water partition coefficient (Wildman–Crippen LogP) is 0.955. The van der Waals surface area contributed by atoms with Gasteiger partial charge in [-0.25, -0.2) is 0 Å². The minimum absolute atomic E-state index is 0.0479. The van der Waals surface area contributed by atoms with Crippen molar-refractivity contribution in [1.82, 2.24) is 15.2 Å². The van der Waals surface area contributed by atoms with Crippen LogP contribution < -0.4 is 5.32 Å². The highest BCUT2D eigenvalue weighted by Gasteiger charge is 2.35. The second kappa shape index (κ2) is 5.82. The van der Waals surface area contributed by atoms with Gasteiger partial charge in [0.2, 0.25) is 11.8 Å². The molecule has 5 nitrogen and oxygen atoms in total. The lowest BCUT2D eigenvalue weighted by molar-refractivity contribution is -0.129. The standard InChI is InChI=1S/C14H19N3O2/c1-10(2)17-9-12(7-13(17)18)14(19)16-8-11-3-5-15-6-4-11/h3-6,10,12H,7-9H2,1-2H3,(H,16,19). The normalized spacial score (nSPS) is 19.0. The molecule has 0 saturated carbocycles. The van der Waals surface area contributed by atoms with Crippen LogP contribution in [0.2, 0.25) is 0 Å². The molecule has 102 valence electrons. The third-order valence-electron chi connectivity index (χ3n) is 3.37. The number of rotatable bonds is 4. The Morgan fingerprint density at radius 1 is 1.47 bits per heavy atom. The van der Waals surface area contributed by atoms with E-state index >= 15 is 0 Å². The van der Waals surface area contributed by atoms with E-state index in [1.165, 1.54) is 0 Å². The van der Waals surface area contributed by atoms with Gasteiger partial charge in [0.1, 0.15) is 0 Å². The topological polar surface area (TPSA) is 62.3 Å². The molecule has 2 heterocycles. The SMILES string of the molecule is CC(C)N1CC(C(=O)NCc2ccncc2)CC1=O.